The molecule has 0 radical (unpaired) electrons. The van der Waals surface area contributed by atoms with Crippen LogP contribution in [0.15, 0.2) is 15.9 Å². The zero-order chi connectivity index (χ0) is 11.4. The molecule has 0 saturated heterocycles. The lowest BCUT2D eigenvalue weighted by Gasteiger charge is -2.14. The van der Waals surface area contributed by atoms with Crippen LogP contribution in [-0.2, 0) is 11.3 Å². The average Bonchev–Trinajstić information content (AvgIpc) is 2.59. The molecule has 0 aliphatic heterocycles. The molecule has 1 aromatic heterocycles. The first-order chi connectivity index (χ1) is 7.02. The summed E-state index contributed by atoms with van der Waals surface area (Å²) in [5, 5.41) is 4.86. The highest BCUT2D eigenvalue weighted by molar-refractivity contribution is 9.10. The smallest absolute Gasteiger partial charge is 0.224 e. The lowest BCUT2D eigenvalue weighted by atomic mass is 10.0. The molecule has 0 spiro atoms. The van der Waals surface area contributed by atoms with Crippen molar-refractivity contribution in [1.29, 1.82) is 0 Å². The highest BCUT2D eigenvalue weighted by Gasteiger charge is 2.16. The SMILES string of the molecule is CC(N)C(C)C(=O)NCc1sccc1Br. The van der Waals surface area contributed by atoms with E-state index in [0.717, 1.165) is 9.35 Å². The van der Waals surface area contributed by atoms with E-state index >= 15 is 0 Å². The Kier molecular flexibility index (Phi) is 4.76. The van der Waals surface area contributed by atoms with Crippen molar-refractivity contribution in [2.75, 3.05) is 0 Å². The van der Waals surface area contributed by atoms with Gasteiger partial charge in [-0.05, 0) is 34.3 Å². The number of carbonyl (C=O) groups excluding carboxylic acids is 1. The van der Waals surface area contributed by atoms with Crippen LogP contribution in [-0.4, -0.2) is 11.9 Å². The summed E-state index contributed by atoms with van der Waals surface area (Å²) in [4.78, 5) is 12.7. The highest BCUT2D eigenvalue weighted by Crippen LogP contribution is 2.22. The van der Waals surface area contributed by atoms with Gasteiger partial charge in [0.15, 0.2) is 0 Å². The molecule has 3 N–H and O–H groups in total. The summed E-state index contributed by atoms with van der Waals surface area (Å²) in [5.41, 5.74) is 5.65. The molecular weight excluding hydrogens is 276 g/mol. The van der Waals surface area contributed by atoms with Gasteiger partial charge in [0.1, 0.15) is 0 Å². The number of amides is 1. The van der Waals surface area contributed by atoms with E-state index in [2.05, 4.69) is 21.2 Å². The third kappa shape index (κ3) is 3.59. The van der Waals surface area contributed by atoms with E-state index in [-0.39, 0.29) is 17.9 Å². The minimum absolute atomic E-state index is 0.00491. The molecule has 1 heterocycles. The average molecular weight is 291 g/mol. The molecule has 0 bridgehead atoms. The lowest BCUT2D eigenvalue weighted by Crippen LogP contribution is -2.38. The Morgan fingerprint density at radius 3 is 2.80 bits per heavy atom. The van der Waals surface area contributed by atoms with Crippen molar-refractivity contribution in [3.05, 3.63) is 20.8 Å². The molecule has 3 nitrogen and oxygen atoms in total. The third-order valence-corrected chi connectivity index (χ3v) is 4.24. The molecule has 2 unspecified atom stereocenters. The maximum Gasteiger partial charge on any atom is 0.224 e. The number of nitrogens with one attached hydrogen (secondary N) is 1. The minimum Gasteiger partial charge on any atom is -0.351 e. The Morgan fingerprint density at radius 2 is 2.33 bits per heavy atom. The van der Waals surface area contributed by atoms with Gasteiger partial charge in [-0.15, -0.1) is 11.3 Å². The fourth-order valence-electron chi connectivity index (χ4n) is 1.02. The van der Waals surface area contributed by atoms with Crippen molar-refractivity contribution in [3.63, 3.8) is 0 Å². The number of halogens is 1. The standard InChI is InChI=1S/C10H15BrN2OS/c1-6(7(2)12)10(14)13-5-9-8(11)3-4-15-9/h3-4,6-7H,5,12H2,1-2H3,(H,13,14). The summed E-state index contributed by atoms with van der Waals surface area (Å²) in [6, 6.07) is 1.86. The van der Waals surface area contributed by atoms with Crippen molar-refractivity contribution in [1.82, 2.24) is 5.32 Å². The maximum atomic E-state index is 11.6. The summed E-state index contributed by atoms with van der Waals surface area (Å²) in [6.07, 6.45) is 0. The summed E-state index contributed by atoms with van der Waals surface area (Å²) < 4.78 is 1.04. The molecule has 0 aliphatic rings. The number of hydrogen-bond donors (Lipinski definition) is 2. The van der Waals surface area contributed by atoms with Crippen LogP contribution in [0.4, 0.5) is 0 Å². The summed E-state index contributed by atoms with van der Waals surface area (Å²) >= 11 is 5.04. The molecule has 0 fully saturated rings. The predicted octanol–water partition coefficient (Wildman–Crippen LogP) is 2.11. The monoisotopic (exact) mass is 290 g/mol. The summed E-state index contributed by atoms with van der Waals surface area (Å²) in [5.74, 6) is -0.144. The van der Waals surface area contributed by atoms with Gasteiger partial charge in [-0.1, -0.05) is 6.92 Å². The second-order valence-corrected chi connectivity index (χ2v) is 5.41. The number of carbonyl (C=O) groups is 1. The predicted molar refractivity (Wildman–Crippen MR) is 66.7 cm³/mol. The Bertz CT molecular complexity index is 338. The van der Waals surface area contributed by atoms with Gasteiger partial charge in [0.25, 0.3) is 0 Å². The van der Waals surface area contributed by atoms with Crippen LogP contribution >= 0.6 is 27.3 Å². The molecular formula is C10H15BrN2OS. The highest BCUT2D eigenvalue weighted by atomic mass is 79.9. The van der Waals surface area contributed by atoms with E-state index in [1.807, 2.05) is 25.3 Å². The van der Waals surface area contributed by atoms with Crippen LogP contribution in [0.3, 0.4) is 0 Å². The zero-order valence-electron chi connectivity index (χ0n) is 8.79. The van der Waals surface area contributed by atoms with Crippen LogP contribution in [0.1, 0.15) is 18.7 Å². The Labute approximate surface area is 102 Å². The van der Waals surface area contributed by atoms with Gasteiger partial charge in [-0.25, -0.2) is 0 Å². The molecule has 1 rings (SSSR count). The lowest BCUT2D eigenvalue weighted by molar-refractivity contribution is -0.125. The van der Waals surface area contributed by atoms with Crippen LogP contribution < -0.4 is 11.1 Å². The van der Waals surface area contributed by atoms with Gasteiger partial charge in [-0.2, -0.15) is 0 Å². The largest absolute Gasteiger partial charge is 0.351 e. The van der Waals surface area contributed by atoms with Gasteiger partial charge in [-0.3, -0.25) is 4.79 Å². The zero-order valence-corrected chi connectivity index (χ0v) is 11.2. The van der Waals surface area contributed by atoms with E-state index in [0.29, 0.717) is 6.54 Å². The first kappa shape index (κ1) is 12.7. The fraction of sp³-hybridized carbons (Fsp3) is 0.500. The van der Waals surface area contributed by atoms with Crippen LogP contribution in [0.5, 0.6) is 0 Å². The Balaban J connectivity index is 2.44. The second kappa shape index (κ2) is 5.63. The van der Waals surface area contributed by atoms with E-state index in [9.17, 15) is 4.79 Å². The first-order valence-corrected chi connectivity index (χ1v) is 6.44. The van der Waals surface area contributed by atoms with Gasteiger partial charge in [0.05, 0.1) is 6.54 Å². The van der Waals surface area contributed by atoms with Crippen molar-refractivity contribution >= 4 is 33.2 Å². The molecule has 1 aromatic rings. The van der Waals surface area contributed by atoms with E-state index in [4.69, 9.17) is 5.73 Å². The number of nitrogens with two attached hydrogens (primary N) is 1. The molecule has 5 heteroatoms. The molecule has 0 saturated carbocycles. The molecule has 2 atom stereocenters. The van der Waals surface area contributed by atoms with Crippen LogP contribution in [0, 0.1) is 5.92 Å². The number of thiophene rings is 1. The summed E-state index contributed by atoms with van der Waals surface area (Å²) in [7, 11) is 0. The Morgan fingerprint density at radius 1 is 1.67 bits per heavy atom. The van der Waals surface area contributed by atoms with Crippen LogP contribution in [0.2, 0.25) is 0 Å². The quantitative estimate of drug-likeness (QED) is 0.892. The van der Waals surface area contributed by atoms with E-state index in [1.165, 1.54) is 0 Å². The van der Waals surface area contributed by atoms with Crippen molar-refractivity contribution in [2.45, 2.75) is 26.4 Å². The van der Waals surface area contributed by atoms with Crippen molar-refractivity contribution in [2.24, 2.45) is 11.7 Å². The molecule has 0 aromatic carbocycles. The molecule has 84 valence electrons. The second-order valence-electron chi connectivity index (χ2n) is 3.56. The third-order valence-electron chi connectivity index (χ3n) is 2.32. The van der Waals surface area contributed by atoms with Crippen molar-refractivity contribution < 1.29 is 4.79 Å². The van der Waals surface area contributed by atoms with Gasteiger partial charge >= 0.3 is 0 Å². The van der Waals surface area contributed by atoms with E-state index < -0.39 is 0 Å². The molecule has 0 aliphatic carbocycles. The summed E-state index contributed by atoms with van der Waals surface area (Å²) in [6.45, 7) is 4.24. The van der Waals surface area contributed by atoms with Crippen LogP contribution in [0.25, 0.3) is 0 Å². The number of rotatable bonds is 4. The normalized spacial score (nSPS) is 14.7. The maximum absolute atomic E-state index is 11.6. The molecule has 15 heavy (non-hydrogen) atoms. The minimum atomic E-state index is -0.149. The topological polar surface area (TPSA) is 55.1 Å². The van der Waals surface area contributed by atoms with Gasteiger partial charge < -0.3 is 11.1 Å². The van der Waals surface area contributed by atoms with Gasteiger partial charge in [0, 0.05) is 21.3 Å². The fourth-order valence-corrected chi connectivity index (χ4v) is 2.45. The Hall–Kier alpha value is -0.390. The first-order valence-electron chi connectivity index (χ1n) is 4.77. The van der Waals surface area contributed by atoms with Crippen molar-refractivity contribution in [3.8, 4) is 0 Å². The van der Waals surface area contributed by atoms with Gasteiger partial charge in [0.2, 0.25) is 5.91 Å². The molecule has 1 amide bonds. The number of hydrogen-bond acceptors (Lipinski definition) is 3. The van der Waals surface area contributed by atoms with E-state index in [1.54, 1.807) is 11.3 Å².